The van der Waals surface area contributed by atoms with Crippen molar-refractivity contribution in [2.45, 2.75) is 39.3 Å². The summed E-state index contributed by atoms with van der Waals surface area (Å²) < 4.78 is 6.82. The molecule has 8 nitrogen and oxygen atoms in total. The normalized spacial score (nSPS) is 12.3. The highest BCUT2D eigenvalue weighted by Gasteiger charge is 2.30. The Labute approximate surface area is 150 Å². The lowest BCUT2D eigenvalue weighted by atomic mass is 10.1. The Kier molecular flexibility index (Phi) is 5.44. The molecule has 0 fully saturated rings. The topological polar surface area (TPSA) is 111 Å². The van der Waals surface area contributed by atoms with E-state index in [1.165, 1.54) is 37.8 Å². The number of nitrogens with zero attached hydrogens (tertiary/aromatic N) is 2. The first kappa shape index (κ1) is 19.2. The highest BCUT2D eigenvalue weighted by Crippen LogP contribution is 2.19. The first-order valence-electron chi connectivity index (χ1n) is 7.98. The molecule has 1 unspecified atom stereocenters. The highest BCUT2D eigenvalue weighted by molar-refractivity contribution is 5.95. The van der Waals surface area contributed by atoms with Crippen molar-refractivity contribution in [2.24, 2.45) is 0 Å². The number of ether oxygens (including phenoxy) is 1. The van der Waals surface area contributed by atoms with Gasteiger partial charge in [-0.1, -0.05) is 12.1 Å². The van der Waals surface area contributed by atoms with E-state index in [0.29, 0.717) is 17.0 Å². The molecule has 2 N–H and O–H groups in total. The second-order valence-corrected chi connectivity index (χ2v) is 6.37. The first-order chi connectivity index (χ1) is 12.1. The van der Waals surface area contributed by atoms with Gasteiger partial charge in [0.25, 0.3) is 5.91 Å². The zero-order valence-corrected chi connectivity index (χ0v) is 15.0. The fourth-order valence-electron chi connectivity index (χ4n) is 2.08. The molecular weight excluding hydrogens is 338 g/mol. The van der Waals surface area contributed by atoms with Gasteiger partial charge in [0.15, 0.2) is 17.4 Å². The molecule has 0 saturated carbocycles. The zero-order valence-electron chi connectivity index (χ0n) is 15.0. The van der Waals surface area contributed by atoms with Crippen LogP contribution in [0, 0.1) is 0 Å². The Balaban J connectivity index is 2.04. The molecule has 0 radical (unpaired) electrons. The van der Waals surface area contributed by atoms with Gasteiger partial charge in [-0.25, -0.2) is 4.79 Å². The maximum atomic E-state index is 12.3. The van der Waals surface area contributed by atoms with Crippen LogP contribution in [-0.2, 0) is 15.1 Å². The van der Waals surface area contributed by atoms with Crippen LogP contribution in [0.25, 0.3) is 0 Å². The molecule has 1 aromatic carbocycles. The Morgan fingerprint density at radius 3 is 2.62 bits per heavy atom. The summed E-state index contributed by atoms with van der Waals surface area (Å²) >= 11 is 0. The van der Waals surface area contributed by atoms with E-state index in [9.17, 15) is 19.5 Å². The summed E-state index contributed by atoms with van der Waals surface area (Å²) in [6, 6.07) is 6.57. The number of carbonyl (C=O) groups is 3. The van der Waals surface area contributed by atoms with Crippen LogP contribution in [0.5, 0.6) is 5.75 Å². The monoisotopic (exact) mass is 359 g/mol. The van der Waals surface area contributed by atoms with Crippen LogP contribution in [0.1, 0.15) is 38.1 Å². The molecule has 1 heterocycles. The number of rotatable bonds is 7. The SMILES string of the molecule is CC(=O)c1cccc(OC(C)C(=O)Nc2cnn(C(C)(C)C(=O)O)c2)c1. The molecule has 0 aliphatic carbocycles. The number of nitrogens with one attached hydrogen (secondary N) is 1. The number of aromatic nitrogens is 2. The van der Waals surface area contributed by atoms with Gasteiger partial charge < -0.3 is 15.2 Å². The van der Waals surface area contributed by atoms with Gasteiger partial charge in [0.1, 0.15) is 5.75 Å². The van der Waals surface area contributed by atoms with Crippen molar-refractivity contribution in [3.63, 3.8) is 0 Å². The summed E-state index contributed by atoms with van der Waals surface area (Å²) in [5.41, 5.74) is -0.386. The fourth-order valence-corrected chi connectivity index (χ4v) is 2.08. The maximum absolute atomic E-state index is 12.3. The second-order valence-electron chi connectivity index (χ2n) is 6.37. The van der Waals surface area contributed by atoms with Crippen molar-refractivity contribution in [3.8, 4) is 5.75 Å². The van der Waals surface area contributed by atoms with Gasteiger partial charge in [0, 0.05) is 11.8 Å². The third-order valence-electron chi connectivity index (χ3n) is 3.87. The molecule has 2 rings (SSSR count). The van der Waals surface area contributed by atoms with Crippen LogP contribution in [0.3, 0.4) is 0 Å². The standard InChI is InChI=1S/C18H21N3O5/c1-11(22)13-6-5-7-15(8-13)26-12(2)16(23)20-14-9-19-21(10-14)18(3,4)17(24)25/h5-10,12H,1-4H3,(H,20,23)(H,24,25). The average molecular weight is 359 g/mol. The Morgan fingerprint density at radius 2 is 2.00 bits per heavy atom. The van der Waals surface area contributed by atoms with Crippen molar-refractivity contribution >= 4 is 23.3 Å². The largest absolute Gasteiger partial charge is 0.481 e. The summed E-state index contributed by atoms with van der Waals surface area (Å²) in [6.07, 6.45) is 1.98. The molecule has 1 amide bonds. The lowest BCUT2D eigenvalue weighted by Gasteiger charge is -2.19. The van der Waals surface area contributed by atoms with Crippen molar-refractivity contribution in [2.75, 3.05) is 5.32 Å². The van der Waals surface area contributed by atoms with Gasteiger partial charge in [0.2, 0.25) is 0 Å². The molecule has 26 heavy (non-hydrogen) atoms. The first-order valence-corrected chi connectivity index (χ1v) is 7.98. The van der Waals surface area contributed by atoms with Crippen LogP contribution in [0.2, 0.25) is 0 Å². The van der Waals surface area contributed by atoms with Crippen LogP contribution in [-0.4, -0.2) is 38.7 Å². The van der Waals surface area contributed by atoms with Gasteiger partial charge in [-0.05, 0) is 39.8 Å². The summed E-state index contributed by atoms with van der Waals surface area (Å²) in [7, 11) is 0. The number of Topliss-reactive ketones (excluding diaryl/α,β-unsaturated/α-hetero) is 1. The van der Waals surface area contributed by atoms with Gasteiger partial charge >= 0.3 is 5.97 Å². The van der Waals surface area contributed by atoms with Gasteiger partial charge in [0.05, 0.1) is 11.9 Å². The lowest BCUT2D eigenvalue weighted by Crippen LogP contribution is -2.36. The van der Waals surface area contributed by atoms with Crippen molar-refractivity contribution in [1.82, 2.24) is 9.78 Å². The summed E-state index contributed by atoms with van der Waals surface area (Å²) in [4.78, 5) is 34.9. The molecule has 0 saturated heterocycles. The van der Waals surface area contributed by atoms with Crippen LogP contribution >= 0.6 is 0 Å². The number of ketones is 1. The zero-order chi connectivity index (χ0) is 19.5. The molecule has 0 aliphatic rings. The predicted molar refractivity (Wildman–Crippen MR) is 94.4 cm³/mol. The highest BCUT2D eigenvalue weighted by atomic mass is 16.5. The minimum atomic E-state index is -1.24. The number of carboxylic acids is 1. The summed E-state index contributed by atoms with van der Waals surface area (Å²) in [5, 5.41) is 15.8. The van der Waals surface area contributed by atoms with Gasteiger partial charge in [-0.15, -0.1) is 0 Å². The van der Waals surface area contributed by atoms with E-state index >= 15 is 0 Å². The molecule has 2 aromatic rings. The number of carbonyl (C=O) groups excluding carboxylic acids is 2. The number of amides is 1. The number of carboxylic acid groups (broad SMARTS) is 1. The van der Waals surface area contributed by atoms with Crippen molar-refractivity contribution in [1.29, 1.82) is 0 Å². The van der Waals surface area contributed by atoms with E-state index in [1.807, 2.05) is 0 Å². The Morgan fingerprint density at radius 1 is 1.31 bits per heavy atom. The quantitative estimate of drug-likeness (QED) is 0.734. The minimum Gasteiger partial charge on any atom is -0.481 e. The molecular formula is C18H21N3O5. The van der Waals surface area contributed by atoms with Crippen LogP contribution < -0.4 is 10.1 Å². The second kappa shape index (κ2) is 7.38. The lowest BCUT2D eigenvalue weighted by molar-refractivity contribution is -0.146. The number of aliphatic carboxylic acids is 1. The Hall–Kier alpha value is -3.16. The summed E-state index contributed by atoms with van der Waals surface area (Å²) in [5.74, 6) is -1.16. The smallest absolute Gasteiger partial charge is 0.331 e. The molecule has 1 atom stereocenters. The van der Waals surface area contributed by atoms with E-state index in [-0.39, 0.29) is 5.78 Å². The van der Waals surface area contributed by atoms with Crippen LogP contribution in [0.15, 0.2) is 36.7 Å². The van der Waals surface area contributed by atoms with Crippen molar-refractivity contribution < 1.29 is 24.2 Å². The molecule has 138 valence electrons. The molecule has 0 spiro atoms. The third kappa shape index (κ3) is 4.27. The average Bonchev–Trinajstić information content (AvgIpc) is 3.04. The van der Waals surface area contributed by atoms with E-state index < -0.39 is 23.5 Å². The van der Waals surface area contributed by atoms with E-state index in [4.69, 9.17) is 4.74 Å². The molecule has 0 bridgehead atoms. The van der Waals surface area contributed by atoms with Gasteiger partial charge in [-0.3, -0.25) is 14.3 Å². The minimum absolute atomic E-state index is 0.0963. The number of anilines is 1. The van der Waals surface area contributed by atoms with Crippen molar-refractivity contribution in [3.05, 3.63) is 42.2 Å². The number of hydrogen-bond donors (Lipinski definition) is 2. The molecule has 8 heteroatoms. The predicted octanol–water partition coefficient (Wildman–Crippen LogP) is 2.31. The number of benzene rings is 1. The molecule has 1 aromatic heterocycles. The van der Waals surface area contributed by atoms with E-state index in [1.54, 1.807) is 31.2 Å². The van der Waals surface area contributed by atoms with E-state index in [2.05, 4.69) is 10.4 Å². The van der Waals surface area contributed by atoms with Crippen LogP contribution in [0.4, 0.5) is 5.69 Å². The Bertz CT molecular complexity index is 841. The molecule has 0 aliphatic heterocycles. The third-order valence-corrected chi connectivity index (χ3v) is 3.87. The maximum Gasteiger partial charge on any atom is 0.331 e. The fraction of sp³-hybridized carbons (Fsp3) is 0.333. The summed E-state index contributed by atoms with van der Waals surface area (Å²) in [6.45, 7) is 6.02. The van der Waals surface area contributed by atoms with Gasteiger partial charge in [-0.2, -0.15) is 5.10 Å². The number of hydrogen-bond acceptors (Lipinski definition) is 5. The van der Waals surface area contributed by atoms with E-state index in [0.717, 1.165) is 0 Å².